The van der Waals surface area contributed by atoms with Crippen LogP contribution in [0.15, 0.2) is 0 Å². The fourth-order valence-corrected chi connectivity index (χ4v) is 1.70. The van der Waals surface area contributed by atoms with Gasteiger partial charge >= 0.3 is 0 Å². The van der Waals surface area contributed by atoms with E-state index in [-0.39, 0.29) is 0 Å². The maximum Gasteiger partial charge on any atom is 0.00682 e. The number of hydrogen-bond acceptors (Lipinski definition) is 2. The van der Waals surface area contributed by atoms with Crippen LogP contribution in [-0.2, 0) is 0 Å². The molecule has 1 rings (SSSR count). The van der Waals surface area contributed by atoms with Crippen molar-refractivity contribution in [3.8, 4) is 0 Å². The molecule has 1 aliphatic carbocycles. The number of unbranched alkanes of at least 4 members (excludes halogenated alkanes) is 1. The van der Waals surface area contributed by atoms with Crippen molar-refractivity contribution in [3.63, 3.8) is 0 Å². The molecule has 0 bridgehead atoms. The van der Waals surface area contributed by atoms with Gasteiger partial charge in [0.15, 0.2) is 0 Å². The minimum Gasteiger partial charge on any atom is -0.317 e. The van der Waals surface area contributed by atoms with Crippen molar-refractivity contribution in [2.45, 2.75) is 52.0 Å². The van der Waals surface area contributed by atoms with Gasteiger partial charge in [-0.2, -0.15) is 0 Å². The van der Waals surface area contributed by atoms with Crippen LogP contribution in [0.3, 0.4) is 0 Å². The summed E-state index contributed by atoms with van der Waals surface area (Å²) < 4.78 is 0. The zero-order chi connectivity index (χ0) is 10.2. The first kappa shape index (κ1) is 12.0. The van der Waals surface area contributed by atoms with Gasteiger partial charge in [0.25, 0.3) is 0 Å². The average Bonchev–Trinajstić information content (AvgIpc) is 2.98. The van der Waals surface area contributed by atoms with Gasteiger partial charge in [-0.15, -0.1) is 0 Å². The molecule has 1 saturated carbocycles. The molecule has 2 heteroatoms. The number of nitrogens with one attached hydrogen (secondary N) is 2. The molecule has 0 aromatic carbocycles. The summed E-state index contributed by atoms with van der Waals surface area (Å²) in [6.45, 7) is 8.04. The van der Waals surface area contributed by atoms with Crippen molar-refractivity contribution < 1.29 is 0 Å². The van der Waals surface area contributed by atoms with Gasteiger partial charge in [-0.25, -0.2) is 0 Å². The second-order valence-electron chi connectivity index (χ2n) is 4.64. The van der Waals surface area contributed by atoms with Crippen LogP contribution in [0.4, 0.5) is 0 Å². The molecular formula is C12H26N2. The van der Waals surface area contributed by atoms with Crippen LogP contribution in [0.5, 0.6) is 0 Å². The lowest BCUT2D eigenvalue weighted by Crippen LogP contribution is -2.21. The molecule has 0 amide bonds. The smallest absolute Gasteiger partial charge is 0.00682 e. The largest absolute Gasteiger partial charge is 0.317 e. The highest BCUT2D eigenvalue weighted by Crippen LogP contribution is 2.18. The van der Waals surface area contributed by atoms with Crippen LogP contribution in [0.1, 0.15) is 46.0 Å². The molecule has 0 heterocycles. The fourth-order valence-electron chi connectivity index (χ4n) is 1.70. The lowest BCUT2D eigenvalue weighted by Gasteiger charge is -2.11. The molecule has 2 N–H and O–H groups in total. The molecule has 0 aliphatic heterocycles. The van der Waals surface area contributed by atoms with E-state index in [1.807, 2.05) is 0 Å². The highest BCUT2D eigenvalue weighted by molar-refractivity contribution is 4.80. The quantitative estimate of drug-likeness (QED) is 0.555. The number of hydrogen-bond donors (Lipinski definition) is 2. The van der Waals surface area contributed by atoms with Crippen molar-refractivity contribution in [3.05, 3.63) is 0 Å². The predicted octanol–water partition coefficient (Wildman–Crippen LogP) is 2.15. The fraction of sp³-hybridized carbons (Fsp3) is 1.00. The molecule has 0 aromatic rings. The van der Waals surface area contributed by atoms with Crippen molar-refractivity contribution >= 4 is 0 Å². The molecule has 0 spiro atoms. The van der Waals surface area contributed by atoms with Gasteiger partial charge in [-0.05, 0) is 51.2 Å². The first-order valence-electron chi connectivity index (χ1n) is 6.27. The number of rotatable bonds is 9. The minimum atomic E-state index is 0.843. The van der Waals surface area contributed by atoms with Crippen molar-refractivity contribution in [1.29, 1.82) is 0 Å². The Balaban J connectivity index is 1.77. The molecule has 0 aromatic heterocycles. The van der Waals surface area contributed by atoms with Gasteiger partial charge in [0, 0.05) is 6.04 Å². The Morgan fingerprint density at radius 2 is 2.07 bits per heavy atom. The monoisotopic (exact) mass is 198 g/mol. The van der Waals surface area contributed by atoms with Crippen molar-refractivity contribution in [2.24, 2.45) is 5.92 Å². The Bertz CT molecular complexity index is 132. The normalized spacial score (nSPS) is 18.4. The molecule has 1 unspecified atom stereocenters. The van der Waals surface area contributed by atoms with E-state index in [1.165, 1.54) is 45.2 Å². The van der Waals surface area contributed by atoms with Crippen molar-refractivity contribution in [1.82, 2.24) is 10.6 Å². The first-order valence-corrected chi connectivity index (χ1v) is 6.27. The lowest BCUT2D eigenvalue weighted by molar-refractivity contribution is 0.459. The summed E-state index contributed by atoms with van der Waals surface area (Å²) in [4.78, 5) is 0. The highest BCUT2D eigenvalue weighted by atomic mass is 14.9. The van der Waals surface area contributed by atoms with Gasteiger partial charge in [-0.3, -0.25) is 0 Å². The summed E-state index contributed by atoms with van der Waals surface area (Å²) in [5.74, 6) is 0.843. The SMILES string of the molecule is CCNCC(C)CCCCNC1CC1. The molecule has 1 aliphatic rings. The summed E-state index contributed by atoms with van der Waals surface area (Å²) in [6.07, 6.45) is 6.94. The Labute approximate surface area is 88.8 Å². The topological polar surface area (TPSA) is 24.1 Å². The summed E-state index contributed by atoms with van der Waals surface area (Å²) in [5.41, 5.74) is 0. The van der Waals surface area contributed by atoms with Crippen LogP contribution in [-0.4, -0.2) is 25.7 Å². The van der Waals surface area contributed by atoms with E-state index < -0.39 is 0 Å². The molecule has 0 saturated heterocycles. The van der Waals surface area contributed by atoms with Crippen LogP contribution in [0.25, 0.3) is 0 Å². The van der Waals surface area contributed by atoms with E-state index >= 15 is 0 Å². The van der Waals surface area contributed by atoms with Gasteiger partial charge in [0.2, 0.25) is 0 Å². The van der Waals surface area contributed by atoms with E-state index in [4.69, 9.17) is 0 Å². The summed E-state index contributed by atoms with van der Waals surface area (Å²) in [6, 6.07) is 0.884. The Kier molecular flexibility index (Phi) is 6.20. The Hall–Kier alpha value is -0.0800. The molecule has 1 fully saturated rings. The highest BCUT2D eigenvalue weighted by Gasteiger charge is 2.19. The maximum atomic E-state index is 3.56. The molecular weight excluding hydrogens is 172 g/mol. The summed E-state index contributed by atoms with van der Waals surface area (Å²) in [7, 11) is 0. The molecule has 1 atom stereocenters. The van der Waals surface area contributed by atoms with Crippen LogP contribution in [0.2, 0.25) is 0 Å². The average molecular weight is 198 g/mol. The lowest BCUT2D eigenvalue weighted by atomic mass is 10.0. The van der Waals surface area contributed by atoms with Gasteiger partial charge < -0.3 is 10.6 Å². The molecule has 2 nitrogen and oxygen atoms in total. The summed E-state index contributed by atoms with van der Waals surface area (Å²) in [5, 5.41) is 6.96. The Morgan fingerprint density at radius 3 is 2.71 bits per heavy atom. The maximum absolute atomic E-state index is 3.56. The van der Waals surface area contributed by atoms with E-state index in [0.29, 0.717) is 0 Å². The van der Waals surface area contributed by atoms with E-state index in [1.54, 1.807) is 0 Å². The van der Waals surface area contributed by atoms with Crippen LogP contribution in [0, 0.1) is 5.92 Å². The van der Waals surface area contributed by atoms with Gasteiger partial charge in [0.1, 0.15) is 0 Å². The van der Waals surface area contributed by atoms with Crippen LogP contribution < -0.4 is 10.6 Å². The minimum absolute atomic E-state index is 0.843. The molecule has 14 heavy (non-hydrogen) atoms. The Morgan fingerprint density at radius 1 is 1.29 bits per heavy atom. The van der Waals surface area contributed by atoms with Gasteiger partial charge in [-0.1, -0.05) is 20.3 Å². The standard InChI is InChI=1S/C12H26N2/c1-3-13-10-11(2)6-4-5-9-14-12-7-8-12/h11-14H,3-10H2,1-2H3. The zero-order valence-corrected chi connectivity index (χ0v) is 9.81. The van der Waals surface area contributed by atoms with Crippen LogP contribution >= 0.6 is 0 Å². The zero-order valence-electron chi connectivity index (χ0n) is 9.81. The van der Waals surface area contributed by atoms with Crippen molar-refractivity contribution in [2.75, 3.05) is 19.6 Å². The van der Waals surface area contributed by atoms with Gasteiger partial charge in [0.05, 0.1) is 0 Å². The molecule has 0 radical (unpaired) electrons. The van der Waals surface area contributed by atoms with E-state index in [9.17, 15) is 0 Å². The second kappa shape index (κ2) is 7.24. The third kappa shape index (κ3) is 6.39. The van der Waals surface area contributed by atoms with E-state index in [0.717, 1.165) is 18.5 Å². The first-order chi connectivity index (χ1) is 6.83. The third-order valence-electron chi connectivity index (χ3n) is 2.88. The summed E-state index contributed by atoms with van der Waals surface area (Å²) >= 11 is 0. The predicted molar refractivity (Wildman–Crippen MR) is 62.6 cm³/mol. The third-order valence-corrected chi connectivity index (χ3v) is 2.88. The van der Waals surface area contributed by atoms with E-state index in [2.05, 4.69) is 24.5 Å². The second-order valence-corrected chi connectivity index (χ2v) is 4.64. The molecule has 84 valence electrons.